The van der Waals surface area contributed by atoms with Crippen molar-refractivity contribution in [3.63, 3.8) is 0 Å². The Bertz CT molecular complexity index is 1070. The van der Waals surface area contributed by atoms with Crippen LogP contribution in [0.25, 0.3) is 0 Å². The van der Waals surface area contributed by atoms with E-state index < -0.39 is 15.8 Å². The van der Waals surface area contributed by atoms with Crippen LogP contribution in [0.2, 0.25) is 0 Å². The molecule has 2 aliphatic heterocycles. The van der Waals surface area contributed by atoms with Crippen LogP contribution in [0.5, 0.6) is 0 Å². The number of fused-ring (bicyclic) bond motifs is 1. The van der Waals surface area contributed by atoms with Gasteiger partial charge in [0.25, 0.3) is 10.0 Å². The number of benzene rings is 2. The average Bonchev–Trinajstić information content (AvgIpc) is 2.96. The van der Waals surface area contributed by atoms with E-state index in [0.29, 0.717) is 37.3 Å². The number of likely N-dealkylation sites (tertiary alicyclic amines) is 1. The second-order valence-electron chi connectivity index (χ2n) is 7.12. The molecule has 2 aromatic rings. The van der Waals surface area contributed by atoms with Gasteiger partial charge in [-0.2, -0.15) is 8.42 Å². The minimum atomic E-state index is -3.66. The smallest absolute Gasteiger partial charge is 0.285 e. The summed E-state index contributed by atoms with van der Waals surface area (Å²) in [5.41, 5.74) is 1.66. The zero-order valence-electron chi connectivity index (χ0n) is 15.4. The molecule has 2 aromatic carbocycles. The Hall–Kier alpha value is -2.74. The number of halogens is 1. The van der Waals surface area contributed by atoms with Crippen LogP contribution in [0.15, 0.2) is 51.8 Å². The number of amidine groups is 1. The van der Waals surface area contributed by atoms with Gasteiger partial charge in [0.1, 0.15) is 10.7 Å². The molecule has 2 aliphatic rings. The standard InChI is InChI=1S/C20H20FN3O3S/c1-13-6-7-16(21)17(12-13)22-20(25)14-8-10-24(11-9-14)19-15-4-2-3-5-18(15)28(26,27)23-19/h2-7,12,14H,8-11H2,1H3,(H,22,25). The maximum absolute atomic E-state index is 13.9. The molecule has 0 unspecified atom stereocenters. The van der Waals surface area contributed by atoms with E-state index in [9.17, 15) is 17.6 Å². The van der Waals surface area contributed by atoms with Crippen LogP contribution in [0.1, 0.15) is 24.0 Å². The van der Waals surface area contributed by atoms with Gasteiger partial charge in [-0.05, 0) is 49.6 Å². The molecule has 0 saturated carbocycles. The first kappa shape index (κ1) is 18.6. The molecule has 0 spiro atoms. The number of nitrogens with zero attached hydrogens (tertiary/aromatic N) is 2. The SMILES string of the molecule is Cc1ccc(F)c(NC(=O)C2CCN(C3=NS(=O)(=O)c4ccccc43)CC2)c1. The number of sulfonamides is 1. The quantitative estimate of drug-likeness (QED) is 0.839. The molecule has 8 heteroatoms. The molecular weight excluding hydrogens is 381 g/mol. The highest BCUT2D eigenvalue weighted by molar-refractivity contribution is 7.90. The van der Waals surface area contributed by atoms with Crippen molar-refractivity contribution >= 4 is 27.5 Å². The fourth-order valence-corrected chi connectivity index (χ4v) is 4.87. The minimum absolute atomic E-state index is 0.188. The molecule has 28 heavy (non-hydrogen) atoms. The third-order valence-electron chi connectivity index (χ3n) is 5.16. The summed E-state index contributed by atoms with van der Waals surface area (Å²) in [7, 11) is -3.66. The molecule has 4 rings (SSSR count). The molecule has 146 valence electrons. The number of amides is 1. The molecule has 0 radical (unpaired) electrons. The lowest BCUT2D eigenvalue weighted by molar-refractivity contribution is -0.121. The number of hydrogen-bond donors (Lipinski definition) is 1. The van der Waals surface area contributed by atoms with Crippen molar-refractivity contribution in [1.29, 1.82) is 0 Å². The van der Waals surface area contributed by atoms with Crippen molar-refractivity contribution in [1.82, 2.24) is 4.90 Å². The van der Waals surface area contributed by atoms with E-state index >= 15 is 0 Å². The zero-order chi connectivity index (χ0) is 19.9. The van der Waals surface area contributed by atoms with Gasteiger partial charge in [-0.3, -0.25) is 4.79 Å². The number of piperidine rings is 1. The zero-order valence-corrected chi connectivity index (χ0v) is 16.2. The largest absolute Gasteiger partial charge is 0.355 e. The number of anilines is 1. The van der Waals surface area contributed by atoms with E-state index in [1.165, 1.54) is 6.07 Å². The number of nitrogens with one attached hydrogen (secondary N) is 1. The van der Waals surface area contributed by atoms with Crippen molar-refractivity contribution in [3.05, 3.63) is 59.4 Å². The second-order valence-corrected chi connectivity index (χ2v) is 8.69. The molecular formula is C20H20FN3O3S. The highest BCUT2D eigenvalue weighted by atomic mass is 32.2. The van der Waals surface area contributed by atoms with E-state index in [0.717, 1.165) is 5.56 Å². The van der Waals surface area contributed by atoms with Gasteiger partial charge in [-0.25, -0.2) is 4.39 Å². The Morgan fingerprint density at radius 3 is 2.64 bits per heavy atom. The molecule has 6 nitrogen and oxygen atoms in total. The summed E-state index contributed by atoms with van der Waals surface area (Å²) in [4.78, 5) is 14.7. The summed E-state index contributed by atoms with van der Waals surface area (Å²) in [6, 6.07) is 11.4. The van der Waals surface area contributed by atoms with Crippen LogP contribution in [-0.2, 0) is 14.8 Å². The summed E-state index contributed by atoms with van der Waals surface area (Å²) in [6.45, 7) is 2.86. The van der Waals surface area contributed by atoms with E-state index in [-0.39, 0.29) is 22.4 Å². The number of rotatable bonds is 2. The third-order valence-corrected chi connectivity index (χ3v) is 6.48. The number of carbonyl (C=O) groups is 1. The van der Waals surface area contributed by atoms with Crippen molar-refractivity contribution in [2.75, 3.05) is 18.4 Å². The molecule has 2 heterocycles. The third kappa shape index (κ3) is 3.40. The summed E-state index contributed by atoms with van der Waals surface area (Å²) >= 11 is 0. The Labute approximate surface area is 163 Å². The molecule has 0 aliphatic carbocycles. The Morgan fingerprint density at radius 2 is 1.89 bits per heavy atom. The van der Waals surface area contributed by atoms with Gasteiger partial charge in [-0.1, -0.05) is 18.2 Å². The monoisotopic (exact) mass is 401 g/mol. The van der Waals surface area contributed by atoms with Gasteiger partial charge in [0.05, 0.1) is 5.69 Å². The highest BCUT2D eigenvalue weighted by Gasteiger charge is 2.34. The number of aryl methyl sites for hydroxylation is 1. The summed E-state index contributed by atoms with van der Waals surface area (Å²) in [5, 5.41) is 2.68. The van der Waals surface area contributed by atoms with Gasteiger partial charge in [0.15, 0.2) is 5.84 Å². The van der Waals surface area contributed by atoms with Crippen LogP contribution in [0, 0.1) is 18.7 Å². The van der Waals surface area contributed by atoms with Crippen molar-refractivity contribution in [2.24, 2.45) is 10.3 Å². The van der Waals surface area contributed by atoms with E-state index in [4.69, 9.17) is 0 Å². The molecule has 0 atom stereocenters. The summed E-state index contributed by atoms with van der Waals surface area (Å²) < 4.78 is 42.3. The maximum atomic E-state index is 13.9. The minimum Gasteiger partial charge on any atom is -0.355 e. The predicted molar refractivity (Wildman–Crippen MR) is 104 cm³/mol. The van der Waals surface area contributed by atoms with Gasteiger partial charge in [-0.15, -0.1) is 4.40 Å². The highest BCUT2D eigenvalue weighted by Crippen LogP contribution is 2.30. The van der Waals surface area contributed by atoms with Crippen molar-refractivity contribution in [3.8, 4) is 0 Å². The normalized spacial score (nSPS) is 18.5. The maximum Gasteiger partial charge on any atom is 0.285 e. The molecule has 0 aromatic heterocycles. The fraction of sp³-hybridized carbons (Fsp3) is 0.300. The average molecular weight is 401 g/mol. The Balaban J connectivity index is 1.44. The fourth-order valence-electron chi connectivity index (χ4n) is 3.64. The topological polar surface area (TPSA) is 78.8 Å². The first-order valence-corrected chi connectivity index (χ1v) is 10.6. The molecule has 1 N–H and O–H groups in total. The van der Waals surface area contributed by atoms with E-state index in [2.05, 4.69) is 9.71 Å². The molecule has 1 fully saturated rings. The predicted octanol–water partition coefficient (Wildman–Crippen LogP) is 2.93. The molecule has 0 bridgehead atoms. The lowest BCUT2D eigenvalue weighted by atomic mass is 9.95. The van der Waals surface area contributed by atoms with Crippen LogP contribution < -0.4 is 5.32 Å². The lowest BCUT2D eigenvalue weighted by Crippen LogP contribution is -2.41. The summed E-state index contributed by atoms with van der Waals surface area (Å²) in [5.74, 6) is -0.492. The van der Waals surface area contributed by atoms with E-state index in [1.54, 1.807) is 36.4 Å². The molecule has 1 amide bonds. The van der Waals surface area contributed by atoms with Crippen molar-refractivity contribution < 1.29 is 17.6 Å². The van der Waals surface area contributed by atoms with Gasteiger partial charge in [0.2, 0.25) is 5.91 Å². The van der Waals surface area contributed by atoms with Crippen LogP contribution in [0.3, 0.4) is 0 Å². The van der Waals surface area contributed by atoms with E-state index in [1.807, 2.05) is 11.8 Å². The Morgan fingerprint density at radius 1 is 1.18 bits per heavy atom. The van der Waals surface area contributed by atoms with Gasteiger partial charge >= 0.3 is 0 Å². The number of hydrogen-bond acceptors (Lipinski definition) is 4. The first-order chi connectivity index (χ1) is 13.3. The lowest BCUT2D eigenvalue weighted by Gasteiger charge is -2.32. The molecule has 1 saturated heterocycles. The van der Waals surface area contributed by atoms with Crippen LogP contribution >= 0.6 is 0 Å². The van der Waals surface area contributed by atoms with Gasteiger partial charge < -0.3 is 10.2 Å². The first-order valence-electron chi connectivity index (χ1n) is 9.11. The summed E-state index contributed by atoms with van der Waals surface area (Å²) in [6.07, 6.45) is 1.08. The van der Waals surface area contributed by atoms with Crippen LogP contribution in [-0.4, -0.2) is 38.2 Å². The second kappa shape index (κ2) is 7.01. The van der Waals surface area contributed by atoms with Crippen LogP contribution in [0.4, 0.5) is 10.1 Å². The van der Waals surface area contributed by atoms with Gasteiger partial charge in [0, 0.05) is 24.6 Å². The Kier molecular flexibility index (Phi) is 4.66. The number of carbonyl (C=O) groups excluding carboxylic acids is 1. The van der Waals surface area contributed by atoms with Crippen molar-refractivity contribution in [2.45, 2.75) is 24.7 Å².